The minimum Gasteiger partial charge on any atom is -0.480 e. The van der Waals surface area contributed by atoms with Gasteiger partial charge in [0.1, 0.15) is 6.04 Å². The Kier molecular flexibility index (Phi) is 9.83. The molecule has 2 saturated heterocycles. The number of carboxylic acid groups (broad SMARTS) is 1. The molecular weight excluding hydrogens is 506 g/mol. The molecule has 0 aromatic heterocycles. The second-order valence-corrected chi connectivity index (χ2v) is 13.8. The van der Waals surface area contributed by atoms with Crippen LogP contribution in [0.3, 0.4) is 0 Å². The summed E-state index contributed by atoms with van der Waals surface area (Å²) in [6, 6.07) is 20.9. The first-order valence-corrected chi connectivity index (χ1v) is 16.1. The summed E-state index contributed by atoms with van der Waals surface area (Å²) in [7, 11) is 0. The summed E-state index contributed by atoms with van der Waals surface area (Å²) in [5, 5.41) is 19.4. The van der Waals surface area contributed by atoms with Gasteiger partial charge in [0.2, 0.25) is 0 Å². The summed E-state index contributed by atoms with van der Waals surface area (Å²) in [5.74, 6) is 1.30. The Bertz CT molecular complexity index is 1160. The van der Waals surface area contributed by atoms with E-state index in [0.717, 1.165) is 63.5 Å². The van der Waals surface area contributed by atoms with Crippen molar-refractivity contribution < 1.29 is 9.90 Å². The van der Waals surface area contributed by atoms with Gasteiger partial charge < -0.3 is 10.0 Å². The molecule has 2 aromatic carbocycles. The Morgan fingerprint density at radius 1 is 0.976 bits per heavy atom. The van der Waals surface area contributed by atoms with E-state index >= 15 is 0 Å². The first kappa shape index (κ1) is 29.8. The van der Waals surface area contributed by atoms with Gasteiger partial charge in [0.15, 0.2) is 0 Å². The number of nitrogens with zero attached hydrogens (tertiary/aromatic N) is 3. The molecule has 0 radical (unpaired) electrons. The molecule has 2 aliphatic heterocycles. The van der Waals surface area contributed by atoms with E-state index in [-0.39, 0.29) is 11.5 Å². The zero-order chi connectivity index (χ0) is 28.8. The molecule has 2 heterocycles. The normalized spacial score (nSPS) is 24.2. The molecule has 5 heteroatoms. The van der Waals surface area contributed by atoms with Gasteiger partial charge in [-0.1, -0.05) is 75.6 Å². The number of hydrogen-bond donors (Lipinski definition) is 1. The van der Waals surface area contributed by atoms with Crippen molar-refractivity contribution >= 4 is 5.97 Å². The highest BCUT2D eigenvalue weighted by atomic mass is 16.4. The van der Waals surface area contributed by atoms with Crippen LogP contribution in [0.1, 0.15) is 94.2 Å². The maximum atomic E-state index is 12.5. The standard InChI is InChI=1S/C36H49N3O2/c1-36(2,32-15-13-28(23-37)14-16-32)20-17-27-18-21-38(22-19-27)24-31-25-39(26-33(31)29-9-5-3-6-10-29)34(35(40)41)30-11-7-4-8-12-30/h3,5-6,9-10,13-16,27,30-31,33-34H,4,7-8,11-12,17-22,24-26H2,1-2H3,(H,40,41). The summed E-state index contributed by atoms with van der Waals surface area (Å²) >= 11 is 0. The molecule has 0 bridgehead atoms. The molecule has 41 heavy (non-hydrogen) atoms. The molecular formula is C36H49N3O2. The number of carbonyl (C=O) groups is 1. The van der Waals surface area contributed by atoms with Gasteiger partial charge >= 0.3 is 5.97 Å². The minimum atomic E-state index is -0.617. The Hall–Kier alpha value is -2.68. The Labute approximate surface area is 247 Å². The van der Waals surface area contributed by atoms with E-state index in [1.807, 2.05) is 12.1 Å². The minimum absolute atomic E-state index is 0.111. The third kappa shape index (κ3) is 7.40. The summed E-state index contributed by atoms with van der Waals surface area (Å²) in [6.45, 7) is 9.77. The van der Waals surface area contributed by atoms with Gasteiger partial charge in [-0.15, -0.1) is 0 Å². The second-order valence-electron chi connectivity index (χ2n) is 13.8. The van der Waals surface area contributed by atoms with Crippen molar-refractivity contribution in [3.05, 3.63) is 71.3 Å². The predicted octanol–water partition coefficient (Wildman–Crippen LogP) is 7.08. The molecule has 1 saturated carbocycles. The quantitative estimate of drug-likeness (QED) is 0.339. The summed E-state index contributed by atoms with van der Waals surface area (Å²) < 4.78 is 0. The van der Waals surface area contributed by atoms with Gasteiger partial charge in [-0.2, -0.15) is 5.26 Å². The van der Waals surface area contributed by atoms with Crippen LogP contribution in [0.2, 0.25) is 0 Å². The van der Waals surface area contributed by atoms with Crippen LogP contribution >= 0.6 is 0 Å². The number of carboxylic acids is 1. The third-order valence-corrected chi connectivity index (χ3v) is 10.6. The zero-order valence-corrected chi connectivity index (χ0v) is 25.2. The number of rotatable bonds is 10. The fourth-order valence-electron chi connectivity index (χ4n) is 8.00. The van der Waals surface area contributed by atoms with Crippen molar-refractivity contribution in [3.8, 4) is 6.07 Å². The van der Waals surface area contributed by atoms with Crippen LogP contribution < -0.4 is 0 Å². The van der Waals surface area contributed by atoms with Crippen molar-refractivity contribution in [2.24, 2.45) is 17.8 Å². The van der Waals surface area contributed by atoms with Crippen LogP contribution in [0.4, 0.5) is 0 Å². The Morgan fingerprint density at radius 2 is 1.66 bits per heavy atom. The van der Waals surface area contributed by atoms with E-state index in [9.17, 15) is 9.90 Å². The molecule has 5 rings (SSSR count). The van der Waals surface area contributed by atoms with Gasteiger partial charge in [0, 0.05) is 25.6 Å². The van der Waals surface area contributed by atoms with E-state index in [0.29, 0.717) is 17.8 Å². The number of hydrogen-bond acceptors (Lipinski definition) is 4. The van der Waals surface area contributed by atoms with Gasteiger partial charge in [0.05, 0.1) is 11.6 Å². The fourth-order valence-corrected chi connectivity index (χ4v) is 8.00. The second kappa shape index (κ2) is 13.5. The van der Waals surface area contributed by atoms with Crippen molar-refractivity contribution in [2.45, 2.75) is 89.0 Å². The average Bonchev–Trinajstić information content (AvgIpc) is 3.40. The highest BCUT2D eigenvalue weighted by Crippen LogP contribution is 2.39. The smallest absolute Gasteiger partial charge is 0.321 e. The molecule has 2 aromatic rings. The Morgan fingerprint density at radius 3 is 2.29 bits per heavy atom. The van der Waals surface area contributed by atoms with Gasteiger partial charge in [-0.25, -0.2) is 0 Å². The number of benzene rings is 2. The Balaban J connectivity index is 1.18. The number of likely N-dealkylation sites (tertiary alicyclic amines) is 2. The lowest BCUT2D eigenvalue weighted by Crippen LogP contribution is -2.46. The highest BCUT2D eigenvalue weighted by Gasteiger charge is 2.43. The van der Waals surface area contributed by atoms with Gasteiger partial charge in [-0.3, -0.25) is 9.69 Å². The van der Waals surface area contributed by atoms with E-state index in [1.165, 1.54) is 49.7 Å². The molecule has 5 nitrogen and oxygen atoms in total. The lowest BCUT2D eigenvalue weighted by molar-refractivity contribution is -0.145. The molecule has 3 aliphatic rings. The molecule has 3 unspecified atom stereocenters. The van der Waals surface area contributed by atoms with Crippen LogP contribution in [0.25, 0.3) is 0 Å². The molecule has 1 N–H and O–H groups in total. The number of piperidine rings is 1. The number of nitriles is 1. The highest BCUT2D eigenvalue weighted by molar-refractivity contribution is 5.74. The molecule has 0 amide bonds. The molecule has 1 aliphatic carbocycles. The summed E-state index contributed by atoms with van der Waals surface area (Å²) in [4.78, 5) is 17.6. The molecule has 220 valence electrons. The van der Waals surface area contributed by atoms with Crippen LogP contribution in [-0.4, -0.2) is 59.6 Å². The average molecular weight is 556 g/mol. The van der Waals surface area contributed by atoms with Crippen LogP contribution in [0, 0.1) is 29.1 Å². The van der Waals surface area contributed by atoms with E-state index < -0.39 is 5.97 Å². The lowest BCUT2D eigenvalue weighted by Gasteiger charge is -2.36. The monoisotopic (exact) mass is 555 g/mol. The van der Waals surface area contributed by atoms with Crippen molar-refractivity contribution in [1.29, 1.82) is 5.26 Å². The fraction of sp³-hybridized carbons (Fsp3) is 0.611. The molecule has 0 spiro atoms. The van der Waals surface area contributed by atoms with Crippen LogP contribution in [0.15, 0.2) is 54.6 Å². The molecule has 3 fully saturated rings. The largest absolute Gasteiger partial charge is 0.480 e. The SMILES string of the molecule is CC(C)(CCC1CCN(CC2CN(C(C(=O)O)C3CCCCC3)CC2c2ccccc2)CC1)c1ccc(C#N)cc1. The lowest BCUT2D eigenvalue weighted by atomic mass is 9.77. The van der Waals surface area contributed by atoms with E-state index in [2.05, 4.69) is 72.2 Å². The van der Waals surface area contributed by atoms with Crippen molar-refractivity contribution in [1.82, 2.24) is 9.80 Å². The molecule has 3 atom stereocenters. The predicted molar refractivity (Wildman–Crippen MR) is 165 cm³/mol. The topological polar surface area (TPSA) is 67.6 Å². The third-order valence-electron chi connectivity index (χ3n) is 10.6. The first-order valence-electron chi connectivity index (χ1n) is 16.1. The number of aliphatic carboxylic acids is 1. The van der Waals surface area contributed by atoms with E-state index in [4.69, 9.17) is 5.26 Å². The maximum Gasteiger partial charge on any atom is 0.321 e. The van der Waals surface area contributed by atoms with Gasteiger partial charge in [-0.05, 0) is 98.0 Å². The zero-order valence-electron chi connectivity index (χ0n) is 25.2. The summed E-state index contributed by atoms with van der Waals surface area (Å²) in [6.07, 6.45) is 10.6. The summed E-state index contributed by atoms with van der Waals surface area (Å²) in [5.41, 5.74) is 3.52. The van der Waals surface area contributed by atoms with Crippen molar-refractivity contribution in [3.63, 3.8) is 0 Å². The first-order chi connectivity index (χ1) is 19.8. The maximum absolute atomic E-state index is 12.5. The van der Waals surface area contributed by atoms with Crippen LogP contribution in [-0.2, 0) is 10.2 Å². The van der Waals surface area contributed by atoms with Gasteiger partial charge in [0.25, 0.3) is 0 Å². The van der Waals surface area contributed by atoms with Crippen molar-refractivity contribution in [2.75, 3.05) is 32.7 Å². The van der Waals surface area contributed by atoms with E-state index in [1.54, 1.807) is 0 Å². The van der Waals surface area contributed by atoms with Crippen LogP contribution in [0.5, 0.6) is 0 Å².